The number of ketones is 1. The lowest BCUT2D eigenvalue weighted by atomic mass is 10.1. The average molecular weight is 618 g/mol. The Kier molecular flexibility index (Phi) is 9.46. The minimum Gasteiger partial charge on any atom is -0.497 e. The minimum absolute atomic E-state index is 0.0224. The number of hydrogen-bond donors (Lipinski definition) is 2. The van der Waals surface area contributed by atoms with Crippen LogP contribution >= 0.6 is 11.3 Å². The van der Waals surface area contributed by atoms with E-state index in [0.29, 0.717) is 30.4 Å². The lowest BCUT2D eigenvalue weighted by Crippen LogP contribution is -2.37. The number of carbonyl (C=O) groups is 2. The van der Waals surface area contributed by atoms with E-state index in [2.05, 4.69) is 20.6 Å². The summed E-state index contributed by atoms with van der Waals surface area (Å²) in [5.74, 6) is -0.844. The molecule has 3 aromatic rings. The molecular weight excluding hydrogens is 585 g/mol. The number of ether oxygens (including phenoxy) is 2. The van der Waals surface area contributed by atoms with Crippen molar-refractivity contribution in [2.75, 3.05) is 31.0 Å². The van der Waals surface area contributed by atoms with Gasteiger partial charge in [-0.3, -0.25) is 14.1 Å². The molecule has 14 heteroatoms. The summed E-state index contributed by atoms with van der Waals surface area (Å²) in [6.07, 6.45) is -0.236. The van der Waals surface area contributed by atoms with Crippen LogP contribution in [0.2, 0.25) is 0 Å². The summed E-state index contributed by atoms with van der Waals surface area (Å²) in [5.41, 5.74) is 0.963. The van der Waals surface area contributed by atoms with E-state index in [1.165, 1.54) is 24.8 Å². The maximum Gasteiger partial charge on any atom is 0.360 e. The number of rotatable bonds is 11. The summed E-state index contributed by atoms with van der Waals surface area (Å²) in [6, 6.07) is 10.1. The minimum atomic E-state index is -4.42. The predicted octanol–water partition coefficient (Wildman–Crippen LogP) is 3.30. The highest BCUT2D eigenvalue weighted by atomic mass is 32.2. The fourth-order valence-corrected chi connectivity index (χ4v) is 6.46. The van der Waals surface area contributed by atoms with E-state index in [4.69, 9.17) is 9.47 Å². The lowest BCUT2D eigenvalue weighted by Gasteiger charge is -2.25. The molecule has 11 nitrogen and oxygen atoms in total. The molecule has 0 amide bonds. The molecule has 0 bridgehead atoms. The van der Waals surface area contributed by atoms with E-state index in [9.17, 15) is 18.0 Å². The van der Waals surface area contributed by atoms with Gasteiger partial charge in [0.1, 0.15) is 22.2 Å². The van der Waals surface area contributed by atoms with Crippen molar-refractivity contribution >= 4 is 44.1 Å². The molecule has 0 saturated carbocycles. The monoisotopic (exact) mass is 617 g/mol. The van der Waals surface area contributed by atoms with E-state index in [0.717, 1.165) is 21.7 Å². The Bertz CT molecular complexity index is 1580. The first-order valence-electron chi connectivity index (χ1n) is 13.0. The largest absolute Gasteiger partial charge is 0.497 e. The zero-order valence-electron chi connectivity index (χ0n) is 23.6. The number of Topliss-reactive ketones (excluding diaryl/α,β-unsaturated/α-hetero) is 1. The fourth-order valence-electron chi connectivity index (χ4n) is 3.98. The van der Waals surface area contributed by atoms with Crippen molar-refractivity contribution in [1.29, 1.82) is 0 Å². The van der Waals surface area contributed by atoms with Gasteiger partial charge in [-0.15, -0.1) is 11.3 Å². The van der Waals surface area contributed by atoms with Crippen LogP contribution in [0, 0.1) is 5.82 Å². The van der Waals surface area contributed by atoms with Gasteiger partial charge >= 0.3 is 5.97 Å². The normalized spacial score (nSPS) is 13.2. The molecule has 2 N–H and O–H groups in total. The number of sulfonamides is 1. The molecule has 0 unspecified atom stereocenters. The fraction of sp³-hybridized carbons (Fsp3) is 0.357. The molecule has 1 aromatic heterocycles. The van der Waals surface area contributed by atoms with Crippen molar-refractivity contribution in [2.24, 2.45) is 4.99 Å². The molecule has 224 valence electrons. The third-order valence-electron chi connectivity index (χ3n) is 5.98. The molecule has 2 heterocycles. The number of benzene rings is 2. The highest BCUT2D eigenvalue weighted by Gasteiger charge is 2.33. The summed E-state index contributed by atoms with van der Waals surface area (Å²) >= 11 is 0.942. The number of hydrogen-bond acceptors (Lipinski definition) is 11. The highest BCUT2D eigenvalue weighted by molar-refractivity contribution is 7.93. The number of halogens is 1. The van der Waals surface area contributed by atoms with Crippen LogP contribution in [0.25, 0.3) is 0 Å². The Labute approximate surface area is 247 Å². The van der Waals surface area contributed by atoms with Gasteiger partial charge in [-0.1, -0.05) is 18.2 Å². The van der Waals surface area contributed by atoms with Gasteiger partial charge in [0, 0.05) is 13.0 Å². The summed E-state index contributed by atoms with van der Waals surface area (Å²) < 4.78 is 54.9. The molecular formula is C28H32FN5O6S2. The molecule has 2 aromatic carbocycles. The molecule has 0 spiro atoms. The van der Waals surface area contributed by atoms with Crippen LogP contribution in [0.15, 0.2) is 57.9 Å². The molecule has 0 atom stereocenters. The van der Waals surface area contributed by atoms with Crippen LogP contribution < -0.4 is 19.7 Å². The van der Waals surface area contributed by atoms with Crippen LogP contribution in [0.1, 0.15) is 42.4 Å². The Morgan fingerprint density at radius 2 is 1.90 bits per heavy atom. The standard InChI is InChI=1S/C28H32FN5O6S2/c1-28(2,3)40-26(36)24-25(41-17-33-24)34(16-18-5-8-21(39-4)9-6-18)42(37,38)22-10-7-19(23(29)14-22)13-20(35)15-32-27-30-11-12-31-27/h5-10,14,17H,11-13,15-16H2,1-4H3,(H2,30,31,32). The van der Waals surface area contributed by atoms with Crippen molar-refractivity contribution in [2.45, 2.75) is 44.2 Å². The first-order valence-corrected chi connectivity index (χ1v) is 15.3. The second-order valence-corrected chi connectivity index (χ2v) is 13.0. The quantitative estimate of drug-likeness (QED) is 0.310. The number of methoxy groups -OCH3 is 1. The van der Waals surface area contributed by atoms with Crippen molar-refractivity contribution < 1.29 is 31.9 Å². The second kappa shape index (κ2) is 12.9. The van der Waals surface area contributed by atoms with E-state index in [1.54, 1.807) is 45.0 Å². The van der Waals surface area contributed by atoms with E-state index >= 15 is 4.39 Å². The first kappa shape index (κ1) is 30.9. The Morgan fingerprint density at radius 3 is 2.52 bits per heavy atom. The third kappa shape index (κ3) is 7.62. The van der Waals surface area contributed by atoms with Crippen molar-refractivity contribution in [3.05, 3.63) is 70.6 Å². The van der Waals surface area contributed by atoms with Gasteiger partial charge in [0.15, 0.2) is 17.4 Å². The van der Waals surface area contributed by atoms with Crippen LogP contribution in [0.5, 0.6) is 5.75 Å². The van der Waals surface area contributed by atoms with Gasteiger partial charge in [0.05, 0.1) is 37.2 Å². The maximum atomic E-state index is 15.2. The zero-order chi connectivity index (χ0) is 30.5. The first-order chi connectivity index (χ1) is 19.9. The lowest BCUT2D eigenvalue weighted by molar-refractivity contribution is -0.117. The van der Waals surface area contributed by atoms with Crippen molar-refractivity contribution in [3.63, 3.8) is 0 Å². The number of carbonyl (C=O) groups excluding carboxylic acids is 2. The van der Waals surface area contributed by atoms with E-state index in [1.807, 2.05) is 0 Å². The van der Waals surface area contributed by atoms with Crippen LogP contribution in [-0.4, -0.2) is 63.5 Å². The summed E-state index contributed by atoms with van der Waals surface area (Å²) in [5, 5.41) is 5.86. The van der Waals surface area contributed by atoms with Gasteiger partial charge in [0.2, 0.25) is 0 Å². The van der Waals surface area contributed by atoms with Crippen LogP contribution in [-0.2, 0) is 32.5 Å². The van der Waals surface area contributed by atoms with Crippen LogP contribution in [0.3, 0.4) is 0 Å². The molecule has 0 radical (unpaired) electrons. The predicted molar refractivity (Wildman–Crippen MR) is 157 cm³/mol. The second-order valence-electron chi connectivity index (χ2n) is 10.3. The van der Waals surface area contributed by atoms with Gasteiger partial charge in [-0.05, 0) is 56.2 Å². The topological polar surface area (TPSA) is 139 Å². The van der Waals surface area contributed by atoms with Gasteiger partial charge in [-0.2, -0.15) is 0 Å². The van der Waals surface area contributed by atoms with Gasteiger partial charge in [-0.25, -0.2) is 22.6 Å². The molecule has 0 fully saturated rings. The number of nitrogens with zero attached hydrogens (tertiary/aromatic N) is 3. The Hall–Kier alpha value is -4.04. The molecule has 0 aliphatic carbocycles. The van der Waals surface area contributed by atoms with E-state index < -0.39 is 27.4 Å². The molecule has 42 heavy (non-hydrogen) atoms. The smallest absolute Gasteiger partial charge is 0.360 e. The molecule has 4 rings (SSSR count). The number of aliphatic imine (C=N–C) groups is 1. The number of anilines is 1. The number of guanidine groups is 1. The number of thiazole rings is 1. The number of nitrogens with one attached hydrogen (secondary N) is 2. The maximum absolute atomic E-state index is 15.2. The summed E-state index contributed by atoms with van der Waals surface area (Å²) in [4.78, 5) is 33.3. The van der Waals surface area contributed by atoms with E-state index in [-0.39, 0.29) is 46.4 Å². The number of aromatic nitrogens is 1. The Balaban J connectivity index is 1.64. The molecule has 1 aliphatic rings. The zero-order valence-corrected chi connectivity index (χ0v) is 25.3. The number of esters is 1. The molecule has 1 aliphatic heterocycles. The summed E-state index contributed by atoms with van der Waals surface area (Å²) in [6.45, 7) is 6.11. The van der Waals surface area contributed by atoms with Gasteiger partial charge in [0.25, 0.3) is 10.0 Å². The molecule has 0 saturated heterocycles. The van der Waals surface area contributed by atoms with Gasteiger partial charge < -0.3 is 20.1 Å². The van der Waals surface area contributed by atoms with Crippen molar-refractivity contribution in [3.8, 4) is 5.75 Å². The Morgan fingerprint density at radius 1 is 1.17 bits per heavy atom. The van der Waals surface area contributed by atoms with Crippen molar-refractivity contribution in [1.82, 2.24) is 15.6 Å². The summed E-state index contributed by atoms with van der Waals surface area (Å²) in [7, 11) is -2.91. The average Bonchev–Trinajstić information content (AvgIpc) is 3.63. The third-order valence-corrected chi connectivity index (χ3v) is 8.69. The highest BCUT2D eigenvalue weighted by Crippen LogP contribution is 2.34. The van der Waals surface area contributed by atoms with Crippen LogP contribution in [0.4, 0.5) is 9.39 Å². The SMILES string of the molecule is COc1ccc(CN(c2scnc2C(=O)OC(C)(C)C)S(=O)(=O)c2ccc(CC(=O)CNC3=NCCN3)c(F)c2)cc1.